The first-order chi connectivity index (χ1) is 8.92. The Morgan fingerprint density at radius 2 is 1.94 bits per heavy atom. The van der Waals surface area contributed by atoms with Crippen LogP contribution in [0, 0.1) is 0 Å². The van der Waals surface area contributed by atoms with Gasteiger partial charge >= 0.3 is 0 Å². The minimum Gasteiger partial charge on any atom is -0.385 e. The van der Waals surface area contributed by atoms with Crippen molar-refractivity contribution in [2.45, 2.75) is 6.42 Å². The standard InChI is InChI=1S/C15H14N2S/c1-2-4-13-11-14(6-5-12(13)3-1)16-8-7-15-17-9-10-18-15/h1-6,9-11,16H,7-8H2. The number of nitrogens with one attached hydrogen (secondary N) is 1. The summed E-state index contributed by atoms with van der Waals surface area (Å²) in [6.07, 6.45) is 2.83. The topological polar surface area (TPSA) is 24.9 Å². The quantitative estimate of drug-likeness (QED) is 0.762. The summed E-state index contributed by atoms with van der Waals surface area (Å²) in [6, 6.07) is 14.9. The molecule has 0 amide bonds. The van der Waals surface area contributed by atoms with E-state index in [2.05, 4.69) is 52.8 Å². The van der Waals surface area contributed by atoms with Gasteiger partial charge in [-0.15, -0.1) is 11.3 Å². The second-order valence-electron chi connectivity index (χ2n) is 4.16. The van der Waals surface area contributed by atoms with Crippen molar-refractivity contribution >= 4 is 27.8 Å². The van der Waals surface area contributed by atoms with Gasteiger partial charge in [-0.1, -0.05) is 30.3 Å². The molecule has 0 atom stereocenters. The highest BCUT2D eigenvalue weighted by atomic mass is 32.1. The third kappa shape index (κ3) is 2.51. The number of aromatic nitrogens is 1. The van der Waals surface area contributed by atoms with E-state index >= 15 is 0 Å². The number of benzene rings is 2. The average Bonchev–Trinajstić information content (AvgIpc) is 2.92. The molecule has 0 fully saturated rings. The molecule has 2 aromatic carbocycles. The van der Waals surface area contributed by atoms with Crippen LogP contribution in [-0.2, 0) is 6.42 Å². The van der Waals surface area contributed by atoms with Crippen LogP contribution >= 0.6 is 11.3 Å². The van der Waals surface area contributed by atoms with Gasteiger partial charge < -0.3 is 5.32 Å². The van der Waals surface area contributed by atoms with Gasteiger partial charge in [-0.05, 0) is 22.9 Å². The molecule has 0 bridgehead atoms. The van der Waals surface area contributed by atoms with Gasteiger partial charge in [0.1, 0.15) is 0 Å². The van der Waals surface area contributed by atoms with E-state index in [1.165, 1.54) is 21.5 Å². The second-order valence-corrected chi connectivity index (χ2v) is 5.14. The number of anilines is 1. The van der Waals surface area contributed by atoms with Crippen molar-refractivity contribution in [3.8, 4) is 0 Å². The molecule has 1 N–H and O–H groups in total. The van der Waals surface area contributed by atoms with Crippen molar-refractivity contribution in [2.24, 2.45) is 0 Å². The first kappa shape index (κ1) is 11.2. The van der Waals surface area contributed by atoms with E-state index in [-0.39, 0.29) is 0 Å². The molecule has 0 unspecified atom stereocenters. The Bertz CT molecular complexity index is 632. The molecule has 1 heterocycles. The molecular weight excluding hydrogens is 240 g/mol. The second kappa shape index (κ2) is 5.19. The van der Waals surface area contributed by atoms with E-state index in [1.54, 1.807) is 11.3 Å². The van der Waals surface area contributed by atoms with E-state index < -0.39 is 0 Å². The third-order valence-electron chi connectivity index (χ3n) is 2.90. The lowest BCUT2D eigenvalue weighted by Crippen LogP contribution is -2.04. The number of nitrogens with zero attached hydrogens (tertiary/aromatic N) is 1. The zero-order valence-corrected chi connectivity index (χ0v) is 10.8. The van der Waals surface area contributed by atoms with Crippen LogP contribution in [0.4, 0.5) is 5.69 Å². The third-order valence-corrected chi connectivity index (χ3v) is 3.74. The maximum absolute atomic E-state index is 4.28. The average molecular weight is 254 g/mol. The van der Waals surface area contributed by atoms with Gasteiger partial charge in [0.2, 0.25) is 0 Å². The van der Waals surface area contributed by atoms with E-state index in [9.17, 15) is 0 Å². The molecule has 0 aliphatic heterocycles. The number of rotatable bonds is 4. The highest BCUT2D eigenvalue weighted by molar-refractivity contribution is 7.09. The van der Waals surface area contributed by atoms with Crippen LogP contribution < -0.4 is 5.32 Å². The van der Waals surface area contributed by atoms with Gasteiger partial charge in [0.05, 0.1) is 5.01 Å². The lowest BCUT2D eigenvalue weighted by Gasteiger charge is -2.06. The number of hydrogen-bond acceptors (Lipinski definition) is 3. The van der Waals surface area contributed by atoms with Gasteiger partial charge in [-0.3, -0.25) is 0 Å². The largest absolute Gasteiger partial charge is 0.385 e. The highest BCUT2D eigenvalue weighted by Crippen LogP contribution is 2.18. The summed E-state index contributed by atoms with van der Waals surface area (Å²) >= 11 is 1.71. The van der Waals surface area contributed by atoms with Crippen LogP contribution in [0.15, 0.2) is 54.0 Å². The smallest absolute Gasteiger partial charge is 0.0942 e. The Hall–Kier alpha value is -1.87. The lowest BCUT2D eigenvalue weighted by molar-refractivity contribution is 0.999. The van der Waals surface area contributed by atoms with Gasteiger partial charge in [-0.2, -0.15) is 0 Å². The van der Waals surface area contributed by atoms with Gasteiger partial charge in [0.15, 0.2) is 0 Å². The van der Waals surface area contributed by atoms with Crippen LogP contribution in [-0.4, -0.2) is 11.5 Å². The molecule has 1 aromatic heterocycles. The first-order valence-corrected chi connectivity index (χ1v) is 6.91. The van der Waals surface area contributed by atoms with Crippen molar-refractivity contribution in [1.82, 2.24) is 4.98 Å². The Morgan fingerprint density at radius 1 is 1.06 bits per heavy atom. The molecule has 0 aliphatic rings. The molecule has 3 aromatic rings. The monoisotopic (exact) mass is 254 g/mol. The fraction of sp³-hybridized carbons (Fsp3) is 0.133. The van der Waals surface area contributed by atoms with Crippen LogP contribution in [0.2, 0.25) is 0 Å². The van der Waals surface area contributed by atoms with Crippen molar-refractivity contribution in [2.75, 3.05) is 11.9 Å². The number of hydrogen-bond donors (Lipinski definition) is 1. The molecule has 0 saturated heterocycles. The van der Waals surface area contributed by atoms with Gasteiger partial charge in [0.25, 0.3) is 0 Å². The SMILES string of the molecule is c1ccc2cc(NCCc3nccs3)ccc2c1. The van der Waals surface area contributed by atoms with Crippen LogP contribution in [0.3, 0.4) is 0 Å². The van der Waals surface area contributed by atoms with Crippen molar-refractivity contribution in [3.63, 3.8) is 0 Å². The molecule has 90 valence electrons. The molecular formula is C15H14N2S. The van der Waals surface area contributed by atoms with E-state index in [0.717, 1.165) is 13.0 Å². The molecule has 0 aliphatic carbocycles. The molecule has 18 heavy (non-hydrogen) atoms. The lowest BCUT2D eigenvalue weighted by atomic mass is 10.1. The summed E-state index contributed by atoms with van der Waals surface area (Å²) in [5.41, 5.74) is 1.17. The Balaban J connectivity index is 1.67. The molecule has 0 spiro atoms. The van der Waals surface area contributed by atoms with Crippen molar-refractivity contribution < 1.29 is 0 Å². The number of fused-ring (bicyclic) bond motifs is 1. The van der Waals surface area contributed by atoms with Gasteiger partial charge in [0, 0.05) is 30.2 Å². The van der Waals surface area contributed by atoms with Gasteiger partial charge in [-0.25, -0.2) is 4.98 Å². The summed E-state index contributed by atoms with van der Waals surface area (Å²) in [6.45, 7) is 0.922. The fourth-order valence-electron chi connectivity index (χ4n) is 1.99. The summed E-state index contributed by atoms with van der Waals surface area (Å²) in [4.78, 5) is 4.28. The fourth-order valence-corrected chi connectivity index (χ4v) is 2.61. The molecule has 3 rings (SSSR count). The zero-order chi connectivity index (χ0) is 12.2. The molecule has 0 saturated carbocycles. The van der Waals surface area contributed by atoms with Crippen LogP contribution in [0.1, 0.15) is 5.01 Å². The predicted octanol–water partition coefficient (Wildman–Crippen LogP) is 3.95. The molecule has 3 heteroatoms. The normalized spacial score (nSPS) is 10.7. The first-order valence-electron chi connectivity index (χ1n) is 6.03. The summed E-state index contributed by atoms with van der Waals surface area (Å²) in [7, 11) is 0. The highest BCUT2D eigenvalue weighted by Gasteiger charge is 1.97. The minimum atomic E-state index is 0.922. The number of thiazole rings is 1. The van der Waals surface area contributed by atoms with Crippen LogP contribution in [0.25, 0.3) is 10.8 Å². The summed E-state index contributed by atoms with van der Waals surface area (Å²) in [5.74, 6) is 0. The molecule has 0 radical (unpaired) electrons. The minimum absolute atomic E-state index is 0.922. The van der Waals surface area contributed by atoms with Crippen molar-refractivity contribution in [1.29, 1.82) is 0 Å². The van der Waals surface area contributed by atoms with E-state index in [1.807, 2.05) is 11.6 Å². The molecule has 2 nitrogen and oxygen atoms in total. The predicted molar refractivity (Wildman–Crippen MR) is 78.3 cm³/mol. The Kier molecular flexibility index (Phi) is 3.24. The maximum Gasteiger partial charge on any atom is 0.0942 e. The van der Waals surface area contributed by atoms with E-state index in [0.29, 0.717) is 0 Å². The summed E-state index contributed by atoms with van der Waals surface area (Å²) in [5, 5.41) is 9.20. The van der Waals surface area contributed by atoms with Crippen molar-refractivity contribution in [3.05, 3.63) is 59.0 Å². The zero-order valence-electron chi connectivity index (χ0n) is 9.97. The maximum atomic E-state index is 4.28. The van der Waals surface area contributed by atoms with E-state index in [4.69, 9.17) is 0 Å². The van der Waals surface area contributed by atoms with Crippen LogP contribution in [0.5, 0.6) is 0 Å². The Morgan fingerprint density at radius 3 is 2.78 bits per heavy atom. The summed E-state index contributed by atoms with van der Waals surface area (Å²) < 4.78 is 0. The Labute approximate surface area is 110 Å².